The van der Waals surface area contributed by atoms with E-state index in [2.05, 4.69) is 4.90 Å². The van der Waals surface area contributed by atoms with Crippen molar-refractivity contribution >= 4 is 0 Å². The van der Waals surface area contributed by atoms with E-state index < -0.39 is 0 Å². The summed E-state index contributed by atoms with van der Waals surface area (Å²) in [5.41, 5.74) is 0. The Kier molecular flexibility index (Phi) is 4.45. The van der Waals surface area contributed by atoms with Gasteiger partial charge in [-0.2, -0.15) is 0 Å². The van der Waals surface area contributed by atoms with Gasteiger partial charge in [0.1, 0.15) is 0 Å². The van der Waals surface area contributed by atoms with Crippen molar-refractivity contribution in [3.63, 3.8) is 0 Å². The van der Waals surface area contributed by atoms with Crippen LogP contribution >= 0.6 is 0 Å². The molecule has 0 bridgehead atoms. The van der Waals surface area contributed by atoms with Crippen molar-refractivity contribution in [2.24, 2.45) is 5.92 Å². The van der Waals surface area contributed by atoms with E-state index in [1.54, 1.807) is 0 Å². The molecule has 0 spiro atoms. The predicted molar refractivity (Wildman–Crippen MR) is 62.9 cm³/mol. The van der Waals surface area contributed by atoms with Crippen LogP contribution in [0.5, 0.6) is 0 Å². The second-order valence-corrected chi connectivity index (χ2v) is 5.33. The Morgan fingerprint density at radius 3 is 2.40 bits per heavy atom. The van der Waals surface area contributed by atoms with Gasteiger partial charge in [-0.3, -0.25) is 4.90 Å². The van der Waals surface area contributed by atoms with E-state index >= 15 is 0 Å². The van der Waals surface area contributed by atoms with Crippen LogP contribution in [0.25, 0.3) is 0 Å². The van der Waals surface area contributed by atoms with Gasteiger partial charge in [-0.1, -0.05) is 25.7 Å². The first-order valence-electron chi connectivity index (χ1n) is 6.75. The van der Waals surface area contributed by atoms with Crippen LogP contribution in [0.1, 0.15) is 51.4 Å². The van der Waals surface area contributed by atoms with E-state index in [4.69, 9.17) is 0 Å². The first-order valence-corrected chi connectivity index (χ1v) is 6.75. The van der Waals surface area contributed by atoms with Gasteiger partial charge in [0, 0.05) is 12.6 Å². The zero-order valence-electron chi connectivity index (χ0n) is 9.83. The van der Waals surface area contributed by atoms with Gasteiger partial charge < -0.3 is 5.11 Å². The molecule has 2 rings (SSSR count). The van der Waals surface area contributed by atoms with Gasteiger partial charge in [-0.25, -0.2) is 0 Å². The third kappa shape index (κ3) is 3.18. The van der Waals surface area contributed by atoms with Crippen LogP contribution < -0.4 is 0 Å². The summed E-state index contributed by atoms with van der Waals surface area (Å²) in [7, 11) is 0. The maximum atomic E-state index is 9.42. The number of aliphatic hydroxyl groups excluding tert-OH is 1. The molecular formula is C13H25NO. The second-order valence-electron chi connectivity index (χ2n) is 5.33. The minimum atomic E-state index is 0.368. The molecule has 1 unspecified atom stereocenters. The number of hydrogen-bond acceptors (Lipinski definition) is 2. The molecule has 0 aromatic rings. The molecule has 1 saturated heterocycles. The number of hydrogen-bond donors (Lipinski definition) is 1. The van der Waals surface area contributed by atoms with Crippen molar-refractivity contribution in [1.82, 2.24) is 4.90 Å². The van der Waals surface area contributed by atoms with Crippen molar-refractivity contribution < 1.29 is 5.11 Å². The summed E-state index contributed by atoms with van der Waals surface area (Å²) >= 11 is 0. The van der Waals surface area contributed by atoms with Gasteiger partial charge in [0.25, 0.3) is 0 Å². The Balaban J connectivity index is 1.85. The van der Waals surface area contributed by atoms with Crippen molar-refractivity contribution in [1.29, 1.82) is 0 Å². The standard InChI is InChI=1S/C13H25NO/c15-11-13-8-2-1-5-9-14(13)10-12-6-3-4-7-12/h12-13,15H,1-11H2. The minimum Gasteiger partial charge on any atom is -0.395 e. The van der Waals surface area contributed by atoms with Gasteiger partial charge in [-0.15, -0.1) is 0 Å². The maximum absolute atomic E-state index is 9.42. The highest BCUT2D eigenvalue weighted by molar-refractivity contribution is 4.79. The molecular weight excluding hydrogens is 186 g/mol. The Hall–Kier alpha value is -0.0800. The quantitative estimate of drug-likeness (QED) is 0.775. The first-order chi connectivity index (χ1) is 7.40. The molecule has 1 atom stereocenters. The number of nitrogens with zero attached hydrogens (tertiary/aromatic N) is 1. The van der Waals surface area contributed by atoms with Crippen LogP contribution in [0.4, 0.5) is 0 Å². The van der Waals surface area contributed by atoms with E-state index in [1.165, 1.54) is 64.5 Å². The zero-order valence-corrected chi connectivity index (χ0v) is 9.83. The summed E-state index contributed by atoms with van der Waals surface area (Å²) in [5, 5.41) is 9.42. The van der Waals surface area contributed by atoms with E-state index in [1.807, 2.05) is 0 Å². The predicted octanol–water partition coefficient (Wildman–Crippen LogP) is 2.41. The Morgan fingerprint density at radius 2 is 1.67 bits per heavy atom. The summed E-state index contributed by atoms with van der Waals surface area (Å²) in [6, 6.07) is 0.466. The second kappa shape index (κ2) is 5.86. The molecule has 0 amide bonds. The van der Waals surface area contributed by atoms with Crippen molar-refractivity contribution in [3.8, 4) is 0 Å². The fraction of sp³-hybridized carbons (Fsp3) is 1.00. The molecule has 2 aliphatic rings. The molecule has 1 aliphatic heterocycles. The van der Waals surface area contributed by atoms with Crippen molar-refractivity contribution in [2.45, 2.75) is 57.4 Å². The molecule has 15 heavy (non-hydrogen) atoms. The normalized spacial score (nSPS) is 30.6. The summed E-state index contributed by atoms with van der Waals surface area (Å²) in [4.78, 5) is 2.57. The monoisotopic (exact) mass is 211 g/mol. The maximum Gasteiger partial charge on any atom is 0.0586 e. The lowest BCUT2D eigenvalue weighted by Crippen LogP contribution is -2.40. The topological polar surface area (TPSA) is 23.5 Å². The lowest BCUT2D eigenvalue weighted by atomic mass is 10.1. The molecule has 1 aliphatic carbocycles. The molecule has 2 fully saturated rings. The smallest absolute Gasteiger partial charge is 0.0586 e. The molecule has 88 valence electrons. The number of likely N-dealkylation sites (tertiary alicyclic amines) is 1. The van der Waals surface area contributed by atoms with Gasteiger partial charge in [0.2, 0.25) is 0 Å². The average Bonchev–Trinajstić information content (AvgIpc) is 2.64. The average molecular weight is 211 g/mol. The highest BCUT2D eigenvalue weighted by atomic mass is 16.3. The fourth-order valence-electron chi connectivity index (χ4n) is 3.21. The van der Waals surface area contributed by atoms with Gasteiger partial charge in [-0.05, 0) is 38.1 Å². The summed E-state index contributed by atoms with van der Waals surface area (Å²) in [5.74, 6) is 0.928. The van der Waals surface area contributed by atoms with Crippen LogP contribution in [0, 0.1) is 5.92 Å². The molecule has 1 saturated carbocycles. The highest BCUT2D eigenvalue weighted by Gasteiger charge is 2.24. The molecule has 2 heteroatoms. The molecule has 0 radical (unpaired) electrons. The number of aliphatic hydroxyl groups is 1. The fourth-order valence-corrected chi connectivity index (χ4v) is 3.21. The van der Waals surface area contributed by atoms with Gasteiger partial charge >= 0.3 is 0 Å². The van der Waals surface area contributed by atoms with Crippen molar-refractivity contribution in [3.05, 3.63) is 0 Å². The lowest BCUT2D eigenvalue weighted by molar-refractivity contribution is 0.109. The highest BCUT2D eigenvalue weighted by Crippen LogP contribution is 2.27. The SMILES string of the molecule is OCC1CCCCCN1CC1CCCC1. The van der Waals surface area contributed by atoms with Crippen LogP contribution in [-0.4, -0.2) is 35.7 Å². The lowest BCUT2D eigenvalue weighted by Gasteiger charge is -2.30. The number of rotatable bonds is 3. The Labute approximate surface area is 93.7 Å². The van der Waals surface area contributed by atoms with Crippen LogP contribution in [0.3, 0.4) is 0 Å². The van der Waals surface area contributed by atoms with E-state index in [0.29, 0.717) is 12.6 Å². The molecule has 2 nitrogen and oxygen atoms in total. The molecule has 1 heterocycles. The molecule has 0 aromatic heterocycles. The van der Waals surface area contributed by atoms with E-state index in [-0.39, 0.29) is 0 Å². The molecule has 0 aromatic carbocycles. The minimum absolute atomic E-state index is 0.368. The van der Waals surface area contributed by atoms with Crippen LogP contribution in [0.15, 0.2) is 0 Å². The zero-order chi connectivity index (χ0) is 10.5. The Morgan fingerprint density at radius 1 is 0.933 bits per heavy atom. The van der Waals surface area contributed by atoms with Gasteiger partial charge in [0.15, 0.2) is 0 Å². The summed E-state index contributed by atoms with van der Waals surface area (Å²) in [6.07, 6.45) is 10.9. The van der Waals surface area contributed by atoms with Crippen LogP contribution in [-0.2, 0) is 0 Å². The van der Waals surface area contributed by atoms with Crippen LogP contribution in [0.2, 0.25) is 0 Å². The largest absolute Gasteiger partial charge is 0.395 e. The summed E-state index contributed by atoms with van der Waals surface area (Å²) < 4.78 is 0. The van der Waals surface area contributed by atoms with Gasteiger partial charge in [0.05, 0.1) is 6.61 Å². The third-order valence-electron chi connectivity index (χ3n) is 4.18. The van der Waals surface area contributed by atoms with Crippen molar-refractivity contribution in [2.75, 3.05) is 19.7 Å². The first kappa shape index (κ1) is 11.4. The van der Waals surface area contributed by atoms with E-state index in [0.717, 1.165) is 5.92 Å². The van der Waals surface area contributed by atoms with E-state index in [9.17, 15) is 5.11 Å². The molecule has 1 N–H and O–H groups in total. The Bertz CT molecular complexity index is 177. The third-order valence-corrected chi connectivity index (χ3v) is 4.18. The summed E-state index contributed by atoms with van der Waals surface area (Å²) in [6.45, 7) is 2.85.